The molecule has 3 nitrogen and oxygen atoms in total. The molecule has 14 heteroatoms. The number of aryl methyl sites for hydroxylation is 1. The van der Waals surface area contributed by atoms with Crippen molar-refractivity contribution in [3.63, 3.8) is 0 Å². The zero-order valence-corrected chi connectivity index (χ0v) is 24.9. The molecule has 1 radical (unpaired) electrons. The van der Waals surface area contributed by atoms with Crippen LogP contribution in [-0.4, -0.2) is 20.9 Å². The van der Waals surface area contributed by atoms with Crippen LogP contribution in [0.1, 0.15) is 10.0 Å². The summed E-state index contributed by atoms with van der Waals surface area (Å²) in [7, 11) is 4.34. The quantitative estimate of drug-likeness (QED) is 0.133. The van der Waals surface area contributed by atoms with Crippen molar-refractivity contribution in [2.75, 3.05) is 0 Å². The summed E-state index contributed by atoms with van der Waals surface area (Å²) in [6.07, 6.45) is 0. The van der Waals surface area contributed by atoms with Gasteiger partial charge in [0.25, 0.3) is 3.25 Å². The molecule has 0 aliphatic carbocycles. The monoisotopic (exact) mass is 674 g/mol. The maximum absolute atomic E-state index is 12.6. The van der Waals surface area contributed by atoms with E-state index in [1.165, 1.54) is 24.3 Å². The minimum atomic E-state index is -1.61. The van der Waals surface area contributed by atoms with E-state index in [1.807, 2.05) is 17.7 Å². The Morgan fingerprint density at radius 1 is 0.886 bits per heavy atom. The van der Waals surface area contributed by atoms with Crippen LogP contribution in [-0.2, 0) is 5.33 Å². The van der Waals surface area contributed by atoms with E-state index >= 15 is 0 Å². The Labute approximate surface area is 245 Å². The van der Waals surface area contributed by atoms with E-state index in [0.29, 0.717) is 0 Å². The van der Waals surface area contributed by atoms with Crippen LogP contribution in [0.5, 0.6) is 0 Å². The molecule has 35 heavy (non-hydrogen) atoms. The van der Waals surface area contributed by atoms with Crippen molar-refractivity contribution in [2.45, 2.75) is 15.5 Å². The Balaban J connectivity index is 0.000000271. The molecule has 2 aromatic heterocycles. The number of alkyl halides is 5. The second-order valence-electron chi connectivity index (χ2n) is 6.07. The van der Waals surface area contributed by atoms with Crippen LogP contribution in [0.2, 0.25) is 0 Å². The predicted molar refractivity (Wildman–Crippen MR) is 156 cm³/mol. The van der Waals surface area contributed by atoms with Crippen molar-refractivity contribution < 1.29 is 8.78 Å². The van der Waals surface area contributed by atoms with Crippen LogP contribution in [0.25, 0.3) is 22.5 Å². The predicted octanol–water partition coefficient (Wildman–Crippen LogP) is 9.84. The van der Waals surface area contributed by atoms with E-state index in [2.05, 4.69) is 50.7 Å². The van der Waals surface area contributed by atoms with Gasteiger partial charge in [0.2, 0.25) is 0 Å². The zero-order chi connectivity index (χ0) is 26.4. The first-order valence-electron chi connectivity index (χ1n) is 9.21. The maximum atomic E-state index is 12.6. The van der Waals surface area contributed by atoms with Gasteiger partial charge in [0.05, 0.1) is 21.7 Å². The van der Waals surface area contributed by atoms with Gasteiger partial charge in [-0.3, -0.25) is 0 Å². The topological polar surface area (TPSA) is 38.1 Å². The number of halogens is 7. The van der Waals surface area contributed by atoms with E-state index in [4.69, 9.17) is 46.4 Å². The summed E-state index contributed by atoms with van der Waals surface area (Å²) in [5.41, 5.74) is 3.74. The fourth-order valence-electron chi connectivity index (χ4n) is 2.24. The Morgan fingerprint density at radius 3 is 1.57 bits per heavy atom. The van der Waals surface area contributed by atoms with Crippen molar-refractivity contribution in [3.8, 4) is 22.5 Å². The fraction of sp³-hybridized carbons (Fsp3) is 0.143. The summed E-state index contributed by atoms with van der Waals surface area (Å²) in [5.74, 6) is -0.430. The van der Waals surface area contributed by atoms with E-state index in [-0.39, 0.29) is 11.6 Å². The van der Waals surface area contributed by atoms with Gasteiger partial charge in [-0.1, -0.05) is 62.3 Å². The van der Waals surface area contributed by atoms with Crippen molar-refractivity contribution >= 4 is 105 Å². The number of thiol groups is 1. The van der Waals surface area contributed by atoms with Crippen LogP contribution in [0, 0.1) is 18.6 Å². The molecule has 0 aliphatic rings. The zero-order valence-electron chi connectivity index (χ0n) is 17.8. The van der Waals surface area contributed by atoms with Gasteiger partial charge in [-0.05, 0) is 55.5 Å². The Bertz CT molecular complexity index is 1150. The third-order valence-corrected chi connectivity index (χ3v) is 6.09. The minimum absolute atomic E-state index is 0.212. The first kappa shape index (κ1) is 32.4. The second kappa shape index (κ2) is 17.0. The third-order valence-electron chi connectivity index (χ3n) is 3.57. The molecule has 0 unspecified atom stereocenters. The summed E-state index contributed by atoms with van der Waals surface area (Å²) < 4.78 is 26.3. The first-order valence-corrected chi connectivity index (χ1v) is 14.0. The van der Waals surface area contributed by atoms with Crippen LogP contribution in [0.15, 0.2) is 63.6 Å². The van der Waals surface area contributed by atoms with Crippen LogP contribution in [0.3, 0.4) is 0 Å². The molecule has 4 rings (SSSR count). The van der Waals surface area contributed by atoms with Crippen molar-refractivity contribution in [1.29, 1.82) is 0 Å². The number of aromatic nitrogens is 2. The molecule has 4 aromatic rings. The van der Waals surface area contributed by atoms with Crippen molar-refractivity contribution in [2.24, 2.45) is 4.30 Å². The molecule has 2 aromatic carbocycles. The van der Waals surface area contributed by atoms with Crippen LogP contribution < -0.4 is 0 Å². The average Bonchev–Trinajstić information content (AvgIpc) is 3.44. The Hall–Kier alpha value is -0.585. The fourth-order valence-corrected chi connectivity index (χ4v) is 4.04. The molecular formula is C21H16BBrCl4F2N3S3. The van der Waals surface area contributed by atoms with Gasteiger partial charge in [-0.15, -0.1) is 22.7 Å². The average molecular weight is 677 g/mol. The molecule has 0 N–H and O–H groups in total. The van der Waals surface area contributed by atoms with Gasteiger partial charge in [-0.2, -0.15) is 0 Å². The molecule has 185 valence electrons. The van der Waals surface area contributed by atoms with Gasteiger partial charge in [-0.25, -0.2) is 18.7 Å². The summed E-state index contributed by atoms with van der Waals surface area (Å²) in [6, 6.07) is 12.7. The molecule has 0 saturated heterocycles. The van der Waals surface area contributed by atoms with E-state index in [9.17, 15) is 8.78 Å². The van der Waals surface area contributed by atoms with Crippen molar-refractivity contribution in [3.05, 3.63) is 80.9 Å². The first-order chi connectivity index (χ1) is 16.5. The summed E-state index contributed by atoms with van der Waals surface area (Å²) in [6.45, 7) is 1.96. The molecule has 0 bridgehead atoms. The molecule has 2 heterocycles. The van der Waals surface area contributed by atoms with Gasteiger partial charge >= 0.3 is 24.8 Å². The molecule has 0 spiro atoms. The summed E-state index contributed by atoms with van der Waals surface area (Å²) >= 11 is 29.0. The van der Waals surface area contributed by atoms with Gasteiger partial charge in [0.1, 0.15) is 16.6 Å². The normalized spacial score (nSPS) is 10.1. The molecular weight excluding hydrogens is 661 g/mol. The van der Waals surface area contributed by atoms with Crippen LogP contribution in [0.4, 0.5) is 8.78 Å². The number of nitrogens with zero attached hydrogens (tertiary/aromatic N) is 3. The molecule has 0 saturated carbocycles. The number of hydrogen-bond donors (Lipinski definition) is 1. The third kappa shape index (κ3) is 14.7. The van der Waals surface area contributed by atoms with Crippen LogP contribution >= 0.6 is 97.8 Å². The number of thiazole rings is 2. The SMILES string of the molecule is Cc1nc(-c2ccc(F)cc2)cs1.ClC(Cl)(Cl)Cl.Fc1ccc(-c2csc(CBr)n2)cc1.[B]=NS. The summed E-state index contributed by atoms with van der Waals surface area (Å²) in [4.78, 5) is 8.68. The molecule has 0 amide bonds. The Kier molecular flexibility index (Phi) is 15.8. The van der Waals surface area contributed by atoms with Gasteiger partial charge in [0, 0.05) is 21.9 Å². The van der Waals surface area contributed by atoms with Gasteiger partial charge < -0.3 is 0 Å². The molecule has 0 fully saturated rings. The number of benzene rings is 2. The van der Waals surface area contributed by atoms with E-state index in [1.54, 1.807) is 46.9 Å². The van der Waals surface area contributed by atoms with E-state index < -0.39 is 3.25 Å². The number of hydrogen-bond acceptors (Lipinski definition) is 6. The Morgan fingerprint density at radius 2 is 1.26 bits per heavy atom. The standard InChI is InChI=1S/C10H7BrFNS.C10H8FNS.CCl4.BHNS/c11-5-10-13-9(6-14-10)7-1-3-8(12)4-2-7;1-7-12-10(6-13-7)8-2-4-9(11)5-3-8;2-1(3,4)5;1-2-3/h1-4,6H,5H2;2-6H,1H3;;3H. The van der Waals surface area contributed by atoms with Crippen molar-refractivity contribution in [1.82, 2.24) is 9.97 Å². The summed E-state index contributed by atoms with van der Waals surface area (Å²) in [5, 5.41) is 6.77. The number of rotatable bonds is 3. The van der Waals surface area contributed by atoms with E-state index in [0.717, 1.165) is 37.9 Å². The molecule has 0 aliphatic heterocycles. The second-order valence-corrected chi connectivity index (χ2v) is 12.3. The van der Waals surface area contributed by atoms with Gasteiger partial charge in [0.15, 0.2) is 0 Å². The molecule has 0 atom stereocenters.